The number of para-hydroxylation sites is 1. The Hall–Kier alpha value is -3.27. The number of rotatable bonds is 3. The van der Waals surface area contributed by atoms with Crippen LogP contribution in [0.4, 0.5) is 0 Å². The molecule has 0 saturated carbocycles. The quantitative estimate of drug-likeness (QED) is 0.511. The molecule has 0 fully saturated rings. The molecule has 158 valence electrons. The molecular formula is C27H28N2O2. The molecule has 3 aromatic rings. The summed E-state index contributed by atoms with van der Waals surface area (Å²) >= 11 is 0. The monoisotopic (exact) mass is 412 g/mol. The highest BCUT2D eigenvalue weighted by Gasteiger charge is 2.40. The second-order valence-corrected chi connectivity index (χ2v) is 9.26. The summed E-state index contributed by atoms with van der Waals surface area (Å²) in [6, 6.07) is 25.4. The number of fused-ring (bicyclic) bond motifs is 3. The lowest BCUT2D eigenvalue weighted by Gasteiger charge is -2.38. The fraction of sp³-hybridized carbons (Fsp3) is 0.296. The fourth-order valence-corrected chi connectivity index (χ4v) is 4.36. The number of ether oxygens (including phenoxy) is 2. The van der Waals surface area contributed by atoms with Crippen LogP contribution in [0.15, 0.2) is 77.9 Å². The van der Waals surface area contributed by atoms with E-state index >= 15 is 0 Å². The van der Waals surface area contributed by atoms with Gasteiger partial charge in [0, 0.05) is 17.5 Å². The molecule has 0 spiro atoms. The fourth-order valence-electron chi connectivity index (χ4n) is 4.36. The molecule has 0 amide bonds. The maximum atomic E-state index is 6.48. The molecule has 2 heterocycles. The van der Waals surface area contributed by atoms with Crippen molar-refractivity contribution in [2.75, 3.05) is 7.11 Å². The summed E-state index contributed by atoms with van der Waals surface area (Å²) in [4.78, 5) is 0. The van der Waals surface area contributed by atoms with E-state index in [1.807, 2.05) is 18.2 Å². The number of hydrogen-bond acceptors (Lipinski definition) is 4. The topological polar surface area (TPSA) is 34.1 Å². The van der Waals surface area contributed by atoms with E-state index in [9.17, 15) is 0 Å². The van der Waals surface area contributed by atoms with Crippen molar-refractivity contribution in [1.82, 2.24) is 5.01 Å². The Morgan fingerprint density at radius 1 is 0.935 bits per heavy atom. The number of methoxy groups -OCH3 is 1. The largest absolute Gasteiger partial charge is 0.497 e. The predicted molar refractivity (Wildman–Crippen MR) is 124 cm³/mol. The van der Waals surface area contributed by atoms with Crippen molar-refractivity contribution in [3.8, 4) is 11.5 Å². The van der Waals surface area contributed by atoms with Gasteiger partial charge in [0.1, 0.15) is 11.5 Å². The minimum atomic E-state index is -0.246. The molecule has 2 atom stereocenters. The third kappa shape index (κ3) is 3.56. The Morgan fingerprint density at radius 2 is 1.65 bits per heavy atom. The van der Waals surface area contributed by atoms with Gasteiger partial charge in [0.2, 0.25) is 6.23 Å². The minimum absolute atomic E-state index is 0.119. The van der Waals surface area contributed by atoms with Crippen molar-refractivity contribution in [2.45, 2.75) is 44.9 Å². The standard InChI is InChI=1S/C27H28N2O2/c1-27(2,3)20-13-9-19(10-14-20)26-29-24(22-7-5-6-8-25(22)31-26)17-23(28-29)18-11-15-21(30-4)16-12-18/h5-16,24,26H,17H2,1-4H3/t24-,26-/m1/s1. The van der Waals surface area contributed by atoms with Crippen molar-refractivity contribution in [1.29, 1.82) is 0 Å². The predicted octanol–water partition coefficient (Wildman–Crippen LogP) is 6.24. The first kappa shape index (κ1) is 19.7. The maximum Gasteiger partial charge on any atom is 0.213 e. The van der Waals surface area contributed by atoms with Crippen LogP contribution in [0.1, 0.15) is 61.7 Å². The molecule has 0 saturated heterocycles. The molecule has 5 rings (SSSR count). The summed E-state index contributed by atoms with van der Waals surface area (Å²) in [5.41, 5.74) is 5.94. The van der Waals surface area contributed by atoms with Crippen molar-refractivity contribution < 1.29 is 9.47 Å². The number of benzene rings is 3. The highest BCUT2D eigenvalue weighted by Crippen LogP contribution is 2.47. The summed E-state index contributed by atoms with van der Waals surface area (Å²) in [5.74, 6) is 1.80. The third-order valence-corrected chi connectivity index (χ3v) is 6.18. The Bertz CT molecular complexity index is 1110. The van der Waals surface area contributed by atoms with E-state index in [1.54, 1.807) is 7.11 Å². The molecule has 4 nitrogen and oxygen atoms in total. The van der Waals surface area contributed by atoms with Crippen molar-refractivity contribution in [2.24, 2.45) is 5.10 Å². The first-order chi connectivity index (χ1) is 14.9. The van der Waals surface area contributed by atoms with Crippen LogP contribution in [0, 0.1) is 0 Å². The summed E-state index contributed by atoms with van der Waals surface area (Å²) < 4.78 is 11.8. The van der Waals surface area contributed by atoms with Gasteiger partial charge in [-0.05, 0) is 46.9 Å². The van der Waals surface area contributed by atoms with Gasteiger partial charge in [0.05, 0.1) is 18.9 Å². The average Bonchev–Trinajstić information content (AvgIpc) is 3.24. The zero-order valence-corrected chi connectivity index (χ0v) is 18.5. The van der Waals surface area contributed by atoms with Gasteiger partial charge in [-0.15, -0.1) is 0 Å². The van der Waals surface area contributed by atoms with Crippen LogP contribution in [0.2, 0.25) is 0 Å². The highest BCUT2D eigenvalue weighted by atomic mass is 16.5. The Balaban J connectivity index is 1.53. The van der Waals surface area contributed by atoms with Crippen LogP contribution in [-0.4, -0.2) is 17.8 Å². The highest BCUT2D eigenvalue weighted by molar-refractivity contribution is 6.02. The second-order valence-electron chi connectivity index (χ2n) is 9.26. The second kappa shape index (κ2) is 7.45. The van der Waals surface area contributed by atoms with E-state index in [4.69, 9.17) is 14.6 Å². The van der Waals surface area contributed by atoms with E-state index in [0.717, 1.165) is 34.8 Å². The van der Waals surface area contributed by atoms with Crippen molar-refractivity contribution in [3.05, 3.63) is 95.1 Å². The maximum absolute atomic E-state index is 6.48. The molecule has 3 aromatic carbocycles. The Morgan fingerprint density at radius 3 is 2.32 bits per heavy atom. The first-order valence-corrected chi connectivity index (χ1v) is 10.8. The van der Waals surface area contributed by atoms with E-state index < -0.39 is 0 Å². The van der Waals surface area contributed by atoms with Gasteiger partial charge >= 0.3 is 0 Å². The number of hydrogen-bond donors (Lipinski definition) is 0. The van der Waals surface area contributed by atoms with Crippen LogP contribution < -0.4 is 9.47 Å². The van der Waals surface area contributed by atoms with Crippen molar-refractivity contribution >= 4 is 5.71 Å². The summed E-state index contributed by atoms with van der Waals surface area (Å²) in [5, 5.41) is 7.18. The molecule has 4 heteroatoms. The molecular weight excluding hydrogens is 384 g/mol. The number of hydrazone groups is 1. The van der Waals surface area contributed by atoms with Gasteiger partial charge in [-0.2, -0.15) is 5.10 Å². The van der Waals surface area contributed by atoms with Crippen LogP contribution in [0.5, 0.6) is 11.5 Å². The Kier molecular flexibility index (Phi) is 4.73. The van der Waals surface area contributed by atoms with Gasteiger partial charge in [-0.1, -0.05) is 63.2 Å². The van der Waals surface area contributed by atoms with Gasteiger partial charge in [-0.25, -0.2) is 5.01 Å². The third-order valence-electron chi connectivity index (χ3n) is 6.18. The number of nitrogens with zero attached hydrogens (tertiary/aromatic N) is 2. The zero-order chi connectivity index (χ0) is 21.6. The SMILES string of the molecule is COc1ccc(C2=NN3[C@H](C2)c2ccccc2O[C@@H]3c2ccc(C(C)(C)C)cc2)cc1. The summed E-state index contributed by atoms with van der Waals surface area (Å²) in [6.07, 6.45) is 0.605. The van der Waals surface area contributed by atoms with Gasteiger partial charge in [-0.3, -0.25) is 0 Å². The van der Waals surface area contributed by atoms with Gasteiger partial charge < -0.3 is 9.47 Å². The zero-order valence-electron chi connectivity index (χ0n) is 18.5. The van der Waals surface area contributed by atoms with Crippen molar-refractivity contribution in [3.63, 3.8) is 0 Å². The van der Waals surface area contributed by atoms with Crippen LogP contribution in [0.25, 0.3) is 0 Å². The molecule has 0 radical (unpaired) electrons. The summed E-state index contributed by atoms with van der Waals surface area (Å²) in [7, 11) is 1.69. The van der Waals surface area contributed by atoms with Crippen LogP contribution >= 0.6 is 0 Å². The van der Waals surface area contributed by atoms with Crippen LogP contribution in [0.3, 0.4) is 0 Å². The molecule has 2 aliphatic rings. The lowest BCUT2D eigenvalue weighted by atomic mass is 9.86. The lowest BCUT2D eigenvalue weighted by Crippen LogP contribution is -2.33. The van der Waals surface area contributed by atoms with E-state index in [0.29, 0.717) is 0 Å². The minimum Gasteiger partial charge on any atom is -0.497 e. The molecule has 0 aliphatic carbocycles. The molecule has 0 bridgehead atoms. The smallest absolute Gasteiger partial charge is 0.213 e. The van der Waals surface area contributed by atoms with E-state index in [-0.39, 0.29) is 17.7 Å². The molecule has 0 aromatic heterocycles. The molecule has 2 aliphatic heterocycles. The first-order valence-electron chi connectivity index (χ1n) is 10.8. The molecule has 31 heavy (non-hydrogen) atoms. The molecule has 0 N–H and O–H groups in total. The average molecular weight is 413 g/mol. The normalized spacial score (nSPS) is 19.9. The van der Waals surface area contributed by atoms with E-state index in [1.165, 1.54) is 11.1 Å². The Labute approximate surface area is 184 Å². The summed E-state index contributed by atoms with van der Waals surface area (Å²) in [6.45, 7) is 6.70. The van der Waals surface area contributed by atoms with E-state index in [2.05, 4.69) is 80.4 Å². The lowest BCUT2D eigenvalue weighted by molar-refractivity contribution is -0.0190. The van der Waals surface area contributed by atoms with Crippen LogP contribution in [-0.2, 0) is 5.41 Å². The van der Waals surface area contributed by atoms with Gasteiger partial charge in [0.15, 0.2) is 0 Å². The van der Waals surface area contributed by atoms with Gasteiger partial charge in [0.25, 0.3) is 0 Å². The molecule has 0 unspecified atom stereocenters.